The molecule has 1 saturated heterocycles. The first-order valence-corrected chi connectivity index (χ1v) is 8.82. The van der Waals surface area contributed by atoms with Crippen LogP contribution in [0.4, 0.5) is 0 Å². The number of nitrogens with zero attached hydrogens (tertiary/aromatic N) is 2. The number of hydrogen-bond donors (Lipinski definition) is 0. The number of aryl methyl sites for hydroxylation is 1. The second kappa shape index (κ2) is 6.75. The topological polar surface area (TPSA) is 51.7 Å². The summed E-state index contributed by atoms with van der Waals surface area (Å²) in [5, 5.41) is 0. The Labute approximate surface area is 147 Å². The van der Waals surface area contributed by atoms with Crippen molar-refractivity contribution in [2.24, 2.45) is 0 Å². The summed E-state index contributed by atoms with van der Waals surface area (Å²) >= 11 is 0. The molecule has 1 aromatic carbocycles. The number of carbonyl (C=O) groups excluding carboxylic acids is 1. The average Bonchev–Trinajstić information content (AvgIpc) is 3.13. The van der Waals surface area contributed by atoms with Gasteiger partial charge < -0.3 is 14.4 Å². The number of hydrogen-bond acceptors (Lipinski definition) is 4. The highest BCUT2D eigenvalue weighted by Crippen LogP contribution is 2.42. The van der Waals surface area contributed by atoms with Crippen LogP contribution in [0.2, 0.25) is 0 Å². The van der Waals surface area contributed by atoms with Gasteiger partial charge in [0.15, 0.2) is 11.5 Å². The maximum absolute atomic E-state index is 12.9. The third kappa shape index (κ3) is 3.18. The molecule has 2 aromatic rings. The summed E-state index contributed by atoms with van der Waals surface area (Å²) < 4.78 is 11.5. The van der Waals surface area contributed by atoms with Crippen molar-refractivity contribution >= 4 is 5.91 Å². The van der Waals surface area contributed by atoms with Crippen LogP contribution in [-0.4, -0.2) is 35.5 Å². The molecule has 0 radical (unpaired) electrons. The molecule has 0 N–H and O–H groups in total. The average molecular weight is 338 g/mol. The third-order valence-corrected chi connectivity index (χ3v) is 4.86. The van der Waals surface area contributed by atoms with Gasteiger partial charge in [-0.3, -0.25) is 9.78 Å². The van der Waals surface area contributed by atoms with Crippen molar-refractivity contribution < 1.29 is 14.3 Å². The predicted octanol–water partition coefficient (Wildman–Crippen LogP) is 3.07. The number of carbonyl (C=O) groups is 1. The van der Waals surface area contributed by atoms with Gasteiger partial charge in [0.05, 0.1) is 12.5 Å². The molecule has 1 amide bonds. The number of fused-ring (bicyclic) bond motifs is 1. The summed E-state index contributed by atoms with van der Waals surface area (Å²) in [6.45, 7) is 3.86. The summed E-state index contributed by atoms with van der Waals surface area (Å²) in [5.74, 6) is 1.73. The molecule has 5 heteroatoms. The molecule has 5 nitrogen and oxygen atoms in total. The van der Waals surface area contributed by atoms with E-state index in [0.29, 0.717) is 19.6 Å². The zero-order chi connectivity index (χ0) is 17.2. The van der Waals surface area contributed by atoms with Crippen molar-refractivity contribution in [3.05, 3.63) is 53.3 Å². The highest BCUT2D eigenvalue weighted by Gasteiger charge is 2.33. The summed E-state index contributed by atoms with van der Waals surface area (Å²) in [7, 11) is 0. The predicted molar refractivity (Wildman–Crippen MR) is 93.8 cm³/mol. The van der Waals surface area contributed by atoms with Crippen LogP contribution in [0.5, 0.6) is 11.5 Å². The summed E-state index contributed by atoms with van der Waals surface area (Å²) in [6.07, 6.45) is 4.14. The lowest BCUT2D eigenvalue weighted by Gasteiger charge is -2.29. The van der Waals surface area contributed by atoms with Gasteiger partial charge in [-0.1, -0.05) is 18.2 Å². The molecule has 0 bridgehead atoms. The number of rotatable bonds is 3. The minimum absolute atomic E-state index is 0.0579. The van der Waals surface area contributed by atoms with E-state index in [1.165, 1.54) is 0 Å². The molecule has 0 spiro atoms. The fraction of sp³-hybridized carbons (Fsp3) is 0.400. The van der Waals surface area contributed by atoms with Gasteiger partial charge >= 0.3 is 0 Å². The number of aromatic nitrogens is 1. The lowest BCUT2D eigenvalue weighted by Crippen LogP contribution is -2.32. The van der Waals surface area contributed by atoms with Crippen LogP contribution in [0.25, 0.3) is 0 Å². The van der Waals surface area contributed by atoms with E-state index in [1.54, 1.807) is 6.20 Å². The quantitative estimate of drug-likeness (QED) is 0.863. The first kappa shape index (κ1) is 15.9. The lowest BCUT2D eigenvalue weighted by molar-refractivity contribution is -0.131. The number of likely N-dealkylation sites (tertiary alicyclic amines) is 1. The lowest BCUT2D eigenvalue weighted by atomic mass is 10.0. The molecule has 1 fully saturated rings. The van der Waals surface area contributed by atoms with Gasteiger partial charge in [0.25, 0.3) is 0 Å². The van der Waals surface area contributed by atoms with Gasteiger partial charge in [-0.05, 0) is 37.5 Å². The Morgan fingerprint density at radius 3 is 2.96 bits per heavy atom. The molecule has 3 heterocycles. The maximum Gasteiger partial charge on any atom is 0.227 e. The number of ether oxygens (including phenoxy) is 2. The van der Waals surface area contributed by atoms with Crippen LogP contribution in [0.3, 0.4) is 0 Å². The van der Waals surface area contributed by atoms with Crippen molar-refractivity contribution in [3.8, 4) is 11.5 Å². The molecule has 25 heavy (non-hydrogen) atoms. The molecule has 0 saturated carbocycles. The minimum Gasteiger partial charge on any atom is -0.486 e. The van der Waals surface area contributed by atoms with Gasteiger partial charge in [0, 0.05) is 24.0 Å². The maximum atomic E-state index is 12.9. The monoisotopic (exact) mass is 338 g/mol. The van der Waals surface area contributed by atoms with Crippen LogP contribution in [0, 0.1) is 6.92 Å². The van der Waals surface area contributed by atoms with E-state index < -0.39 is 0 Å². The van der Waals surface area contributed by atoms with Crippen LogP contribution in [-0.2, 0) is 11.2 Å². The molecule has 1 atom stereocenters. The molecule has 2 aliphatic heterocycles. The molecule has 0 aliphatic carbocycles. The van der Waals surface area contributed by atoms with Crippen molar-refractivity contribution in [3.63, 3.8) is 0 Å². The summed E-state index contributed by atoms with van der Waals surface area (Å²) in [5.41, 5.74) is 2.98. The van der Waals surface area contributed by atoms with Crippen LogP contribution < -0.4 is 9.47 Å². The van der Waals surface area contributed by atoms with Crippen molar-refractivity contribution in [2.45, 2.75) is 32.2 Å². The highest BCUT2D eigenvalue weighted by atomic mass is 16.6. The fourth-order valence-electron chi connectivity index (χ4n) is 3.63. The zero-order valence-electron chi connectivity index (χ0n) is 14.4. The Morgan fingerprint density at radius 1 is 1.24 bits per heavy atom. The van der Waals surface area contributed by atoms with E-state index in [1.807, 2.05) is 36.1 Å². The highest BCUT2D eigenvalue weighted by molar-refractivity contribution is 5.79. The van der Waals surface area contributed by atoms with Gasteiger partial charge in [-0.2, -0.15) is 0 Å². The summed E-state index contributed by atoms with van der Waals surface area (Å²) in [6, 6.07) is 9.94. The Balaban J connectivity index is 1.56. The number of para-hydroxylation sites is 1. The van der Waals surface area contributed by atoms with E-state index in [9.17, 15) is 4.79 Å². The van der Waals surface area contributed by atoms with Gasteiger partial charge in [0.2, 0.25) is 5.91 Å². The molecule has 2 aliphatic rings. The molecule has 130 valence electrons. The van der Waals surface area contributed by atoms with E-state index in [4.69, 9.17) is 9.47 Å². The second-order valence-electron chi connectivity index (χ2n) is 6.60. The van der Waals surface area contributed by atoms with Crippen LogP contribution >= 0.6 is 0 Å². The molecular weight excluding hydrogens is 316 g/mol. The molecule has 1 aromatic heterocycles. The number of benzene rings is 1. The van der Waals surface area contributed by atoms with Gasteiger partial charge in [-0.15, -0.1) is 0 Å². The standard InChI is InChI=1S/C20H22N2O3/c1-14-7-8-15(13-21-14)12-19(23)22-9-3-5-17(22)16-4-2-6-18-20(16)25-11-10-24-18/h2,4,6-8,13,17H,3,5,9-12H2,1H3. The molecule has 4 rings (SSSR count). The van der Waals surface area contributed by atoms with Crippen molar-refractivity contribution in [1.82, 2.24) is 9.88 Å². The normalized spacial score (nSPS) is 19.1. The molecular formula is C20H22N2O3. The van der Waals surface area contributed by atoms with E-state index in [-0.39, 0.29) is 11.9 Å². The van der Waals surface area contributed by atoms with Crippen LogP contribution in [0.15, 0.2) is 36.5 Å². The zero-order valence-corrected chi connectivity index (χ0v) is 14.4. The van der Waals surface area contributed by atoms with Gasteiger partial charge in [-0.25, -0.2) is 0 Å². The SMILES string of the molecule is Cc1ccc(CC(=O)N2CCCC2c2cccc3c2OCCO3)cn1. The van der Waals surface area contributed by atoms with Crippen molar-refractivity contribution in [1.29, 1.82) is 0 Å². The van der Waals surface area contributed by atoms with Crippen molar-refractivity contribution in [2.75, 3.05) is 19.8 Å². The van der Waals surface area contributed by atoms with Crippen LogP contribution in [0.1, 0.15) is 35.7 Å². The smallest absolute Gasteiger partial charge is 0.227 e. The Morgan fingerprint density at radius 2 is 2.12 bits per heavy atom. The Bertz CT molecular complexity index is 773. The molecule has 1 unspecified atom stereocenters. The fourth-order valence-corrected chi connectivity index (χ4v) is 3.63. The minimum atomic E-state index is 0.0579. The first-order chi connectivity index (χ1) is 12.2. The van der Waals surface area contributed by atoms with E-state index in [0.717, 1.165) is 47.7 Å². The first-order valence-electron chi connectivity index (χ1n) is 8.82. The second-order valence-corrected chi connectivity index (χ2v) is 6.60. The van der Waals surface area contributed by atoms with Gasteiger partial charge in [0.1, 0.15) is 13.2 Å². The largest absolute Gasteiger partial charge is 0.486 e. The Kier molecular flexibility index (Phi) is 4.30. The van der Waals surface area contributed by atoms with E-state index in [2.05, 4.69) is 11.1 Å². The number of amides is 1. The summed E-state index contributed by atoms with van der Waals surface area (Å²) in [4.78, 5) is 19.1. The third-order valence-electron chi connectivity index (χ3n) is 4.86. The number of pyridine rings is 1. The van der Waals surface area contributed by atoms with E-state index >= 15 is 0 Å². The Hall–Kier alpha value is -2.56.